The van der Waals surface area contributed by atoms with Crippen molar-refractivity contribution in [3.63, 3.8) is 0 Å². The molecule has 1 aromatic carbocycles. The molecule has 0 spiro atoms. The Labute approximate surface area is 252 Å². The van der Waals surface area contributed by atoms with Crippen molar-refractivity contribution < 1.29 is 53.4 Å². The van der Waals surface area contributed by atoms with E-state index in [1.54, 1.807) is 41.5 Å². The first-order valence-corrected chi connectivity index (χ1v) is 14.3. The van der Waals surface area contributed by atoms with Gasteiger partial charge in [-0.15, -0.1) is 0 Å². The number of amides is 2. The van der Waals surface area contributed by atoms with Crippen LogP contribution in [0, 0.1) is 0 Å². The number of likely N-dealkylation sites (tertiary alicyclic amines) is 2. The molecule has 0 radical (unpaired) electrons. The number of benzene rings is 1. The number of ether oxygens (including phenoxy) is 4. The Kier molecular flexibility index (Phi) is 13.2. The molecule has 0 aliphatic carbocycles. The van der Waals surface area contributed by atoms with Crippen LogP contribution in [0.4, 0.5) is 9.59 Å². The second kappa shape index (κ2) is 15.9. The molecule has 0 bridgehead atoms. The summed E-state index contributed by atoms with van der Waals surface area (Å²) in [5.74, 6) is -2.17. The molecular weight excluding hydrogens is 564 g/mol. The number of carbonyl (C=O) groups is 4. The summed E-state index contributed by atoms with van der Waals surface area (Å²) in [4.78, 5) is 48.5. The third-order valence-electron chi connectivity index (χ3n) is 6.27. The first-order chi connectivity index (χ1) is 20.0. The lowest BCUT2D eigenvalue weighted by atomic mass is 10.2. The van der Waals surface area contributed by atoms with Crippen LogP contribution in [0.15, 0.2) is 30.3 Å². The summed E-state index contributed by atoms with van der Waals surface area (Å²) in [6.45, 7) is 12.1. The van der Waals surface area contributed by atoms with Crippen LogP contribution in [0.3, 0.4) is 0 Å². The summed E-state index contributed by atoms with van der Waals surface area (Å²) >= 11 is 0. The van der Waals surface area contributed by atoms with E-state index in [9.17, 15) is 29.4 Å². The number of carboxylic acids is 2. The average molecular weight is 611 g/mol. The highest BCUT2D eigenvalue weighted by Gasteiger charge is 2.42. The molecule has 2 aliphatic heterocycles. The van der Waals surface area contributed by atoms with Crippen molar-refractivity contribution in [2.45, 2.75) is 103 Å². The minimum absolute atomic E-state index is 0.00583. The summed E-state index contributed by atoms with van der Waals surface area (Å²) in [7, 11) is 0. The molecule has 43 heavy (non-hydrogen) atoms. The van der Waals surface area contributed by atoms with Crippen LogP contribution in [0.2, 0.25) is 0 Å². The van der Waals surface area contributed by atoms with Gasteiger partial charge in [0.25, 0.3) is 0 Å². The number of carbonyl (C=O) groups excluding carboxylic acids is 2. The zero-order valence-corrected chi connectivity index (χ0v) is 25.9. The van der Waals surface area contributed by atoms with Crippen molar-refractivity contribution in [1.29, 1.82) is 0 Å². The van der Waals surface area contributed by atoms with Crippen LogP contribution >= 0.6 is 0 Å². The predicted octanol–water partition coefficient (Wildman–Crippen LogP) is 3.51. The molecule has 4 atom stereocenters. The number of nitrogens with zero attached hydrogens (tertiary/aromatic N) is 2. The maximum Gasteiger partial charge on any atom is 0.411 e. The van der Waals surface area contributed by atoms with Crippen LogP contribution in [0.25, 0.3) is 0 Å². The van der Waals surface area contributed by atoms with Gasteiger partial charge in [-0.25, -0.2) is 19.2 Å². The van der Waals surface area contributed by atoms with E-state index in [0.717, 1.165) is 10.5 Å². The molecule has 2 aliphatic rings. The Morgan fingerprint density at radius 1 is 0.791 bits per heavy atom. The molecule has 13 nitrogen and oxygen atoms in total. The summed E-state index contributed by atoms with van der Waals surface area (Å²) < 4.78 is 21.7. The van der Waals surface area contributed by atoms with Crippen molar-refractivity contribution >= 4 is 24.1 Å². The summed E-state index contributed by atoms with van der Waals surface area (Å²) in [5, 5.41) is 27.6. The van der Waals surface area contributed by atoms with Gasteiger partial charge in [-0.3, -0.25) is 9.80 Å². The average Bonchev–Trinajstić information content (AvgIpc) is 3.49. The molecule has 0 unspecified atom stereocenters. The van der Waals surface area contributed by atoms with Gasteiger partial charge in [0.05, 0.1) is 31.9 Å². The lowest BCUT2D eigenvalue weighted by molar-refractivity contribution is -0.142. The van der Waals surface area contributed by atoms with Crippen molar-refractivity contribution in [3.05, 3.63) is 35.9 Å². The lowest BCUT2D eigenvalue weighted by Gasteiger charge is -2.26. The number of carboxylic acid groups (broad SMARTS) is 2. The minimum atomic E-state index is -1.12. The zero-order chi connectivity index (χ0) is 32.4. The Hall–Kier alpha value is -3.42. The third kappa shape index (κ3) is 12.8. The van der Waals surface area contributed by atoms with Gasteiger partial charge in [0.2, 0.25) is 0 Å². The molecule has 3 rings (SSSR count). The van der Waals surface area contributed by atoms with Crippen molar-refractivity contribution in [1.82, 2.24) is 9.80 Å². The number of hydrogen-bond donors (Lipinski definition) is 3. The third-order valence-corrected chi connectivity index (χ3v) is 6.27. The highest BCUT2D eigenvalue weighted by molar-refractivity contribution is 5.81. The molecule has 2 saturated heterocycles. The normalized spacial score (nSPS) is 22.0. The molecule has 0 saturated carbocycles. The highest BCUT2D eigenvalue weighted by Crippen LogP contribution is 2.24. The second-order valence-electron chi connectivity index (χ2n) is 12.5. The Bertz CT molecular complexity index is 1070. The summed E-state index contributed by atoms with van der Waals surface area (Å²) in [5.41, 5.74) is -0.227. The summed E-state index contributed by atoms with van der Waals surface area (Å²) in [6, 6.07) is 8.00. The van der Waals surface area contributed by atoms with Gasteiger partial charge in [0, 0.05) is 26.1 Å². The van der Waals surface area contributed by atoms with E-state index < -0.39 is 53.5 Å². The molecule has 13 heteroatoms. The molecule has 1 aromatic rings. The van der Waals surface area contributed by atoms with E-state index in [1.165, 1.54) is 4.90 Å². The van der Waals surface area contributed by atoms with Crippen LogP contribution < -0.4 is 0 Å². The van der Waals surface area contributed by atoms with Gasteiger partial charge in [-0.2, -0.15) is 0 Å². The Morgan fingerprint density at radius 2 is 1.30 bits per heavy atom. The first-order valence-electron chi connectivity index (χ1n) is 14.3. The summed E-state index contributed by atoms with van der Waals surface area (Å²) in [6.07, 6.45) is -1.41. The van der Waals surface area contributed by atoms with Crippen molar-refractivity contribution in [2.75, 3.05) is 26.3 Å². The number of aliphatic hydroxyl groups is 1. The molecule has 0 aromatic heterocycles. The second-order valence-corrected chi connectivity index (χ2v) is 12.5. The number of aliphatic hydroxyl groups excluding tert-OH is 1. The number of β-amino-alcohol motifs (C(OH)–C–C–N with tert-alkyl or cyclic N) is 1. The maximum absolute atomic E-state index is 12.2. The monoisotopic (exact) mass is 610 g/mol. The molecule has 3 N–H and O–H groups in total. The zero-order valence-electron chi connectivity index (χ0n) is 25.9. The Morgan fingerprint density at radius 3 is 1.81 bits per heavy atom. The fourth-order valence-electron chi connectivity index (χ4n) is 4.42. The van der Waals surface area contributed by atoms with Gasteiger partial charge in [0.1, 0.15) is 23.3 Å². The minimum Gasteiger partial charge on any atom is -0.480 e. The van der Waals surface area contributed by atoms with Gasteiger partial charge in [-0.1, -0.05) is 30.3 Å². The van der Waals surface area contributed by atoms with Gasteiger partial charge in [0.15, 0.2) is 0 Å². The van der Waals surface area contributed by atoms with E-state index in [2.05, 4.69) is 0 Å². The first kappa shape index (κ1) is 35.8. The SMILES string of the molecule is CC(C)(C)OC(=O)N1C[C@@H](O)C[C@H]1C(=O)O.CC(C)(C)OC(=O)N1C[C@@H](OCCCOCc2ccccc2)C[C@H]1C(=O)O. The maximum atomic E-state index is 12.2. The quantitative estimate of drug-likeness (QED) is 0.349. The van der Waals surface area contributed by atoms with E-state index in [1.807, 2.05) is 30.3 Å². The highest BCUT2D eigenvalue weighted by atomic mass is 16.6. The molecular formula is C30H46N2O11. The Balaban J connectivity index is 0.000000344. The largest absolute Gasteiger partial charge is 0.480 e. The molecule has 2 heterocycles. The molecule has 2 fully saturated rings. The van der Waals surface area contributed by atoms with Crippen LogP contribution in [-0.2, 0) is 35.1 Å². The standard InChI is InChI=1S/C20H29NO6.C10H17NO5/c1-20(2,3)27-19(24)21-13-16(12-17(21)18(22)23)26-11-7-10-25-14-15-8-5-4-6-9-15;1-10(2,3)16-9(15)11-5-6(12)4-7(11)8(13)14/h4-6,8-9,16-17H,7,10-14H2,1-3H3,(H,22,23);6-7,12H,4-5H2,1-3H3,(H,13,14)/t16-,17-;6-,7-/m00/s1. The van der Waals surface area contributed by atoms with Gasteiger partial charge >= 0.3 is 24.1 Å². The van der Waals surface area contributed by atoms with Gasteiger partial charge in [-0.05, 0) is 53.5 Å². The molecule has 2 amide bonds. The van der Waals surface area contributed by atoms with E-state index in [0.29, 0.717) is 26.2 Å². The van der Waals surface area contributed by atoms with E-state index in [4.69, 9.17) is 24.1 Å². The number of aliphatic carboxylic acids is 2. The van der Waals surface area contributed by atoms with Crippen LogP contribution in [0.5, 0.6) is 0 Å². The van der Waals surface area contributed by atoms with Crippen molar-refractivity contribution in [3.8, 4) is 0 Å². The predicted molar refractivity (Wildman–Crippen MR) is 154 cm³/mol. The van der Waals surface area contributed by atoms with Crippen LogP contribution in [-0.4, -0.2) is 111 Å². The van der Waals surface area contributed by atoms with E-state index >= 15 is 0 Å². The lowest BCUT2D eigenvalue weighted by Crippen LogP contribution is -2.43. The van der Waals surface area contributed by atoms with Crippen LogP contribution in [0.1, 0.15) is 66.4 Å². The van der Waals surface area contributed by atoms with E-state index in [-0.39, 0.29) is 32.0 Å². The fraction of sp³-hybridized carbons (Fsp3) is 0.667. The number of hydrogen-bond acceptors (Lipinski definition) is 9. The topological polar surface area (TPSA) is 172 Å². The fourth-order valence-corrected chi connectivity index (χ4v) is 4.42. The van der Waals surface area contributed by atoms with Gasteiger partial charge < -0.3 is 34.3 Å². The smallest absolute Gasteiger partial charge is 0.411 e. The molecule has 242 valence electrons. The van der Waals surface area contributed by atoms with Crippen molar-refractivity contribution in [2.24, 2.45) is 0 Å². The number of rotatable bonds is 9.